The van der Waals surface area contributed by atoms with Crippen molar-refractivity contribution in [1.29, 1.82) is 0 Å². The van der Waals surface area contributed by atoms with E-state index in [4.69, 9.17) is 16.3 Å². The topological polar surface area (TPSA) is 69.0 Å². The van der Waals surface area contributed by atoms with Gasteiger partial charge in [-0.2, -0.15) is 0 Å². The predicted octanol–water partition coefficient (Wildman–Crippen LogP) is 5.10. The van der Waals surface area contributed by atoms with Gasteiger partial charge in [0.05, 0.1) is 16.5 Å². The first-order valence-corrected chi connectivity index (χ1v) is 10.6. The van der Waals surface area contributed by atoms with E-state index in [0.717, 1.165) is 10.2 Å². The van der Waals surface area contributed by atoms with Crippen molar-refractivity contribution in [2.24, 2.45) is 7.05 Å². The van der Waals surface area contributed by atoms with E-state index < -0.39 is 0 Å². The highest BCUT2D eigenvalue weighted by Crippen LogP contribution is 2.27. The van der Waals surface area contributed by atoms with Crippen molar-refractivity contribution < 1.29 is 9.53 Å². The number of hydrogen-bond donors (Lipinski definition) is 1. The molecule has 0 aliphatic heterocycles. The van der Waals surface area contributed by atoms with Crippen LogP contribution < -0.4 is 10.1 Å². The summed E-state index contributed by atoms with van der Waals surface area (Å²) in [6, 6.07) is 14.8. The quantitative estimate of drug-likeness (QED) is 0.475. The molecule has 0 saturated carbocycles. The van der Waals surface area contributed by atoms with Crippen LogP contribution in [0.15, 0.2) is 58.2 Å². The van der Waals surface area contributed by atoms with Crippen molar-refractivity contribution in [1.82, 2.24) is 14.8 Å². The first kappa shape index (κ1) is 20.7. The van der Waals surface area contributed by atoms with Crippen molar-refractivity contribution in [3.63, 3.8) is 0 Å². The van der Waals surface area contributed by atoms with Crippen LogP contribution in [-0.4, -0.2) is 26.4 Å². The molecule has 2 aromatic carbocycles. The standard InChI is InChI=1S/C19H18BrClN4O2S/c1-12(27-14-6-4-3-5-7-14)18-23-24-19(25(18)2)28-11-17(26)22-16-9-8-13(20)10-15(16)21/h3-10,12H,11H2,1-2H3,(H,22,26). The van der Waals surface area contributed by atoms with Crippen LogP contribution in [0.3, 0.4) is 0 Å². The second-order valence-electron chi connectivity index (χ2n) is 5.93. The average Bonchev–Trinajstić information content (AvgIpc) is 3.04. The zero-order valence-corrected chi connectivity index (χ0v) is 18.4. The summed E-state index contributed by atoms with van der Waals surface area (Å²) in [5.41, 5.74) is 0.569. The van der Waals surface area contributed by atoms with Crippen molar-refractivity contribution >= 4 is 50.9 Å². The first-order valence-electron chi connectivity index (χ1n) is 8.42. The molecule has 0 saturated heterocycles. The third kappa shape index (κ3) is 5.27. The number of hydrogen-bond acceptors (Lipinski definition) is 5. The number of ether oxygens (including phenoxy) is 1. The summed E-state index contributed by atoms with van der Waals surface area (Å²) in [6.07, 6.45) is -0.273. The van der Waals surface area contributed by atoms with Crippen molar-refractivity contribution in [3.05, 3.63) is 63.9 Å². The molecular weight excluding hydrogens is 464 g/mol. The van der Waals surface area contributed by atoms with Crippen LogP contribution in [0, 0.1) is 0 Å². The van der Waals surface area contributed by atoms with Gasteiger partial charge in [-0.25, -0.2) is 0 Å². The maximum absolute atomic E-state index is 12.2. The highest BCUT2D eigenvalue weighted by molar-refractivity contribution is 9.10. The monoisotopic (exact) mass is 480 g/mol. The minimum atomic E-state index is -0.273. The number of nitrogens with one attached hydrogen (secondary N) is 1. The van der Waals surface area contributed by atoms with Crippen molar-refractivity contribution in [3.8, 4) is 5.75 Å². The fraction of sp³-hybridized carbons (Fsp3) is 0.211. The van der Waals surface area contributed by atoms with Crippen LogP contribution in [0.4, 0.5) is 5.69 Å². The highest BCUT2D eigenvalue weighted by Gasteiger charge is 2.18. The lowest BCUT2D eigenvalue weighted by Gasteiger charge is -2.14. The van der Waals surface area contributed by atoms with E-state index in [-0.39, 0.29) is 17.8 Å². The van der Waals surface area contributed by atoms with E-state index >= 15 is 0 Å². The van der Waals surface area contributed by atoms with E-state index in [1.165, 1.54) is 11.8 Å². The van der Waals surface area contributed by atoms with Gasteiger partial charge in [-0.05, 0) is 37.3 Å². The zero-order valence-electron chi connectivity index (χ0n) is 15.2. The third-order valence-electron chi connectivity index (χ3n) is 3.83. The van der Waals surface area contributed by atoms with Crippen LogP contribution in [0.5, 0.6) is 5.75 Å². The van der Waals surface area contributed by atoms with Gasteiger partial charge in [-0.1, -0.05) is 57.5 Å². The number of thioether (sulfide) groups is 1. The number of para-hydroxylation sites is 1. The van der Waals surface area contributed by atoms with Gasteiger partial charge in [-0.15, -0.1) is 10.2 Å². The summed E-state index contributed by atoms with van der Waals surface area (Å²) >= 11 is 10.8. The second kappa shape index (κ2) is 9.45. The molecule has 1 aromatic heterocycles. The Balaban J connectivity index is 1.58. The Morgan fingerprint density at radius 3 is 2.75 bits per heavy atom. The number of aromatic nitrogens is 3. The summed E-state index contributed by atoms with van der Waals surface area (Å²) in [4.78, 5) is 12.2. The molecule has 1 unspecified atom stereocenters. The van der Waals surface area contributed by atoms with Gasteiger partial charge in [0, 0.05) is 11.5 Å². The van der Waals surface area contributed by atoms with Gasteiger partial charge >= 0.3 is 0 Å². The van der Waals surface area contributed by atoms with Crippen LogP contribution in [0.2, 0.25) is 5.02 Å². The summed E-state index contributed by atoms with van der Waals surface area (Å²) in [5, 5.41) is 12.3. The molecular formula is C19H18BrClN4O2S. The second-order valence-corrected chi connectivity index (χ2v) is 8.20. The summed E-state index contributed by atoms with van der Waals surface area (Å²) < 4.78 is 8.57. The predicted molar refractivity (Wildman–Crippen MR) is 115 cm³/mol. The van der Waals surface area contributed by atoms with E-state index in [0.29, 0.717) is 21.7 Å². The van der Waals surface area contributed by atoms with Gasteiger partial charge in [0.1, 0.15) is 5.75 Å². The molecule has 1 heterocycles. The maximum Gasteiger partial charge on any atom is 0.234 e. The fourth-order valence-electron chi connectivity index (χ4n) is 2.47. The number of rotatable bonds is 7. The lowest BCUT2D eigenvalue weighted by Crippen LogP contribution is -2.15. The molecule has 9 heteroatoms. The van der Waals surface area contributed by atoms with E-state index in [9.17, 15) is 4.79 Å². The molecule has 28 heavy (non-hydrogen) atoms. The lowest BCUT2D eigenvalue weighted by molar-refractivity contribution is -0.113. The number of halogens is 2. The molecule has 0 fully saturated rings. The minimum absolute atomic E-state index is 0.174. The molecule has 0 aliphatic carbocycles. The van der Waals surface area contributed by atoms with Crippen LogP contribution in [-0.2, 0) is 11.8 Å². The first-order chi connectivity index (χ1) is 13.4. The van der Waals surface area contributed by atoms with Gasteiger partial charge in [0.25, 0.3) is 0 Å². The SMILES string of the molecule is CC(Oc1ccccc1)c1nnc(SCC(=O)Nc2ccc(Br)cc2Cl)n1C. The Morgan fingerprint density at radius 1 is 1.29 bits per heavy atom. The molecule has 146 valence electrons. The summed E-state index contributed by atoms with van der Waals surface area (Å²) in [7, 11) is 1.85. The molecule has 6 nitrogen and oxygen atoms in total. The number of carbonyl (C=O) groups is 1. The minimum Gasteiger partial charge on any atom is -0.483 e. The van der Waals surface area contributed by atoms with E-state index in [2.05, 4.69) is 31.4 Å². The highest BCUT2D eigenvalue weighted by atomic mass is 79.9. The Bertz CT molecular complexity index is 968. The Labute approximate surface area is 180 Å². The number of nitrogens with zero attached hydrogens (tertiary/aromatic N) is 3. The lowest BCUT2D eigenvalue weighted by atomic mass is 10.3. The van der Waals surface area contributed by atoms with Crippen LogP contribution in [0.25, 0.3) is 0 Å². The Hall–Kier alpha value is -2.03. The summed E-state index contributed by atoms with van der Waals surface area (Å²) in [6.45, 7) is 1.91. The number of amides is 1. The molecule has 0 aliphatic rings. The third-order valence-corrected chi connectivity index (χ3v) is 5.65. The zero-order chi connectivity index (χ0) is 20.1. The number of benzene rings is 2. The normalized spacial score (nSPS) is 11.9. The van der Waals surface area contributed by atoms with E-state index in [1.807, 2.05) is 54.9 Å². The Morgan fingerprint density at radius 2 is 2.04 bits per heavy atom. The molecule has 3 rings (SSSR count). The smallest absolute Gasteiger partial charge is 0.234 e. The molecule has 3 aromatic rings. The van der Waals surface area contributed by atoms with Gasteiger partial charge in [0.2, 0.25) is 5.91 Å². The molecule has 1 N–H and O–H groups in total. The van der Waals surface area contributed by atoms with Gasteiger partial charge in [0.15, 0.2) is 17.1 Å². The van der Waals surface area contributed by atoms with Gasteiger partial charge in [-0.3, -0.25) is 4.79 Å². The largest absolute Gasteiger partial charge is 0.483 e. The average molecular weight is 482 g/mol. The van der Waals surface area contributed by atoms with Crippen LogP contribution >= 0.6 is 39.3 Å². The van der Waals surface area contributed by atoms with Gasteiger partial charge < -0.3 is 14.6 Å². The molecule has 0 spiro atoms. The van der Waals surface area contributed by atoms with Crippen LogP contribution in [0.1, 0.15) is 18.9 Å². The molecule has 1 amide bonds. The fourth-order valence-corrected chi connectivity index (χ4v) is 3.91. The maximum atomic E-state index is 12.2. The molecule has 0 radical (unpaired) electrons. The van der Waals surface area contributed by atoms with Crippen molar-refractivity contribution in [2.75, 3.05) is 11.1 Å². The van der Waals surface area contributed by atoms with Crippen molar-refractivity contribution in [2.45, 2.75) is 18.2 Å². The molecule has 0 bridgehead atoms. The summed E-state index contributed by atoms with van der Waals surface area (Å²) in [5.74, 6) is 1.46. The Kier molecular flexibility index (Phi) is 6.98. The number of anilines is 1. The van der Waals surface area contributed by atoms with E-state index in [1.54, 1.807) is 12.1 Å². The molecule has 1 atom stereocenters. The number of carbonyl (C=O) groups excluding carboxylic acids is 1.